The Hall–Kier alpha value is -2.72. The fraction of sp³-hybridized carbons (Fsp3) is 0.515. The zero-order valence-corrected chi connectivity index (χ0v) is 28.0. The summed E-state index contributed by atoms with van der Waals surface area (Å²) in [4.78, 5) is 12.9. The molecule has 0 aromatic heterocycles. The molecule has 0 bridgehead atoms. The minimum atomic E-state index is -2.77. The molecule has 2 aromatic carbocycles. The van der Waals surface area contributed by atoms with Gasteiger partial charge in [-0.1, -0.05) is 54.6 Å². The zero-order chi connectivity index (χ0) is 31.1. The fourth-order valence-corrected chi connectivity index (χ4v) is 7.03. The van der Waals surface area contributed by atoms with Gasteiger partial charge in [0.15, 0.2) is 5.05 Å². The number of carbonyl (C=O) groups is 1. The Balaban J connectivity index is 1.84. The van der Waals surface area contributed by atoms with E-state index in [9.17, 15) is 9.90 Å². The van der Waals surface area contributed by atoms with Crippen LogP contribution in [0.5, 0.6) is 5.75 Å². The van der Waals surface area contributed by atoms with E-state index in [1.165, 1.54) is 0 Å². The Morgan fingerprint density at radius 2 is 1.60 bits per heavy atom. The normalized spacial score (nSPS) is 20.5. The molecule has 1 aliphatic heterocycles. The first-order chi connectivity index (χ1) is 19.5. The Kier molecular flexibility index (Phi) is 11.4. The van der Waals surface area contributed by atoms with Crippen LogP contribution in [0, 0.1) is 5.92 Å². The molecule has 1 aliphatic rings. The lowest BCUT2D eigenvalue weighted by molar-refractivity contribution is 0.0352. The summed E-state index contributed by atoms with van der Waals surface area (Å²) in [5.74, 6) is 0.392. The van der Waals surface area contributed by atoms with E-state index in [4.69, 9.17) is 30.5 Å². The van der Waals surface area contributed by atoms with E-state index in [2.05, 4.69) is 5.32 Å². The topological polar surface area (TPSA) is 86.3 Å². The first-order valence-electron chi connectivity index (χ1n) is 14.6. The number of amides is 1. The van der Waals surface area contributed by atoms with Crippen molar-refractivity contribution in [1.82, 2.24) is 5.32 Å². The Labute approximate surface area is 257 Å². The third-order valence-corrected chi connectivity index (χ3v) is 8.53. The van der Waals surface area contributed by atoms with Gasteiger partial charge in [-0.25, -0.2) is 4.79 Å². The molecule has 42 heavy (non-hydrogen) atoms. The van der Waals surface area contributed by atoms with E-state index in [1.54, 1.807) is 0 Å². The second-order valence-electron chi connectivity index (χ2n) is 13.3. The van der Waals surface area contributed by atoms with Crippen LogP contribution in [-0.4, -0.2) is 54.3 Å². The number of carbonyl (C=O) groups excluding carboxylic acids is 1. The summed E-state index contributed by atoms with van der Waals surface area (Å²) < 4.78 is 24.8. The molecule has 0 saturated heterocycles. The van der Waals surface area contributed by atoms with Crippen LogP contribution in [0.4, 0.5) is 4.79 Å². The number of ether oxygens (including phenoxy) is 2. The molecule has 0 saturated carbocycles. The van der Waals surface area contributed by atoms with Crippen LogP contribution in [0.25, 0.3) is 0 Å². The van der Waals surface area contributed by atoms with E-state index < -0.39 is 32.3 Å². The standard InChI is InChI=1S/C33H47NO6SSi/c1-32(2,3)37-25-19-17-24(18-20-25)22-27(34-31(36)38-33(4,5)6)29-16-12-15-28(39-42(7,8)40-29)26(30(35)41)21-23-13-10-9-11-14-23/h9-15,17-20,26-29H,16,21-22H2,1-8H3,(H,34,36)(H,35,41). The lowest BCUT2D eigenvalue weighted by atomic mass is 9.93. The van der Waals surface area contributed by atoms with Crippen LogP contribution in [0.1, 0.15) is 59.1 Å². The van der Waals surface area contributed by atoms with Gasteiger partial charge in [0.05, 0.1) is 24.2 Å². The number of nitrogens with one attached hydrogen (secondary N) is 1. The Bertz CT molecular complexity index is 1200. The number of thiocarbonyl (C=S) groups is 1. The largest absolute Gasteiger partial charge is 0.502 e. The molecular weight excluding hydrogens is 567 g/mol. The van der Waals surface area contributed by atoms with E-state index in [1.807, 2.05) is 121 Å². The van der Waals surface area contributed by atoms with Crippen LogP contribution in [-0.2, 0) is 26.4 Å². The molecule has 230 valence electrons. The summed E-state index contributed by atoms with van der Waals surface area (Å²) in [5.41, 5.74) is 1.16. The van der Waals surface area contributed by atoms with Crippen molar-refractivity contribution in [3.05, 3.63) is 77.9 Å². The van der Waals surface area contributed by atoms with E-state index in [0.29, 0.717) is 19.3 Å². The van der Waals surface area contributed by atoms with Crippen LogP contribution in [0.3, 0.4) is 0 Å². The molecule has 4 atom stereocenters. The Morgan fingerprint density at radius 3 is 2.17 bits per heavy atom. The van der Waals surface area contributed by atoms with E-state index >= 15 is 0 Å². The minimum Gasteiger partial charge on any atom is -0.502 e. The molecule has 0 fully saturated rings. The van der Waals surface area contributed by atoms with Crippen molar-refractivity contribution in [2.75, 3.05) is 0 Å². The number of benzene rings is 2. The predicted molar refractivity (Wildman–Crippen MR) is 174 cm³/mol. The van der Waals surface area contributed by atoms with Gasteiger partial charge < -0.3 is 28.7 Å². The van der Waals surface area contributed by atoms with Crippen molar-refractivity contribution >= 4 is 31.9 Å². The highest BCUT2D eigenvalue weighted by atomic mass is 32.1. The second kappa shape index (κ2) is 14.2. The van der Waals surface area contributed by atoms with Gasteiger partial charge in [0.2, 0.25) is 0 Å². The molecule has 4 unspecified atom stereocenters. The maximum absolute atomic E-state index is 12.9. The van der Waals surface area contributed by atoms with Crippen LogP contribution >= 0.6 is 12.2 Å². The van der Waals surface area contributed by atoms with E-state index in [0.717, 1.165) is 16.9 Å². The summed E-state index contributed by atoms with van der Waals surface area (Å²) in [6.45, 7) is 15.5. The molecule has 1 amide bonds. The quantitative estimate of drug-likeness (QED) is 0.172. The zero-order valence-electron chi connectivity index (χ0n) is 26.2. The highest BCUT2D eigenvalue weighted by molar-refractivity contribution is 7.80. The number of aliphatic hydroxyl groups excluding tert-OH is 1. The van der Waals surface area contributed by atoms with Gasteiger partial charge in [-0.2, -0.15) is 0 Å². The predicted octanol–water partition coefficient (Wildman–Crippen LogP) is 7.48. The molecule has 2 aromatic rings. The maximum atomic E-state index is 12.9. The number of hydrogen-bond acceptors (Lipinski definition) is 6. The molecule has 0 radical (unpaired) electrons. The molecule has 0 spiro atoms. The molecular formula is C33H47NO6SSi. The molecule has 7 nitrogen and oxygen atoms in total. The molecule has 3 rings (SSSR count). The lowest BCUT2D eigenvalue weighted by Crippen LogP contribution is -2.53. The van der Waals surface area contributed by atoms with Crippen LogP contribution in [0.15, 0.2) is 66.7 Å². The van der Waals surface area contributed by atoms with Gasteiger partial charge in [0, 0.05) is 0 Å². The van der Waals surface area contributed by atoms with Crippen LogP contribution in [0.2, 0.25) is 13.1 Å². The summed E-state index contributed by atoms with van der Waals surface area (Å²) in [5, 5.41) is 13.4. The van der Waals surface area contributed by atoms with Gasteiger partial charge in [-0.05, 0) is 109 Å². The number of hydrogen-bond donors (Lipinski definition) is 2. The van der Waals surface area contributed by atoms with Gasteiger partial charge in [0.25, 0.3) is 0 Å². The average molecular weight is 614 g/mol. The van der Waals surface area contributed by atoms with Gasteiger partial charge in [0.1, 0.15) is 17.0 Å². The number of alkyl carbamates (subject to hydrolysis) is 1. The summed E-state index contributed by atoms with van der Waals surface area (Å²) in [6, 6.07) is 17.5. The third-order valence-electron chi connectivity index (χ3n) is 6.52. The smallest absolute Gasteiger partial charge is 0.407 e. The van der Waals surface area contributed by atoms with Gasteiger partial charge in [-0.15, -0.1) is 0 Å². The minimum absolute atomic E-state index is 0.0845. The molecule has 9 heteroatoms. The first-order valence-corrected chi connectivity index (χ1v) is 17.8. The summed E-state index contributed by atoms with van der Waals surface area (Å²) >= 11 is 5.26. The SMILES string of the molecule is CC(C)(C)OC(=O)NC(Cc1ccc(OC(C)(C)C)cc1)C1CC=CC(C(Cc2ccccc2)C(O)=S)O[Si](C)(C)O1. The van der Waals surface area contributed by atoms with Crippen LogP contribution < -0.4 is 10.1 Å². The summed E-state index contributed by atoms with van der Waals surface area (Å²) in [6.07, 6.45) is 4.30. The molecule has 2 N–H and O–H groups in total. The first kappa shape index (κ1) is 33.8. The van der Waals surface area contributed by atoms with Gasteiger partial charge >= 0.3 is 14.7 Å². The molecule has 1 heterocycles. The van der Waals surface area contributed by atoms with Crippen molar-refractivity contribution in [3.63, 3.8) is 0 Å². The van der Waals surface area contributed by atoms with Crippen molar-refractivity contribution in [2.45, 2.75) is 103 Å². The molecule has 0 aliphatic carbocycles. The Morgan fingerprint density at radius 1 is 0.976 bits per heavy atom. The van der Waals surface area contributed by atoms with Crippen molar-refractivity contribution in [3.8, 4) is 5.75 Å². The lowest BCUT2D eigenvalue weighted by Gasteiger charge is -2.38. The van der Waals surface area contributed by atoms with Crippen molar-refractivity contribution in [2.24, 2.45) is 5.92 Å². The van der Waals surface area contributed by atoms with Crippen molar-refractivity contribution in [1.29, 1.82) is 0 Å². The average Bonchev–Trinajstić information content (AvgIpc) is 2.84. The second-order valence-corrected chi connectivity index (χ2v) is 16.9. The monoisotopic (exact) mass is 613 g/mol. The number of rotatable bonds is 9. The van der Waals surface area contributed by atoms with E-state index in [-0.39, 0.29) is 22.8 Å². The van der Waals surface area contributed by atoms with Crippen molar-refractivity contribution < 1.29 is 28.2 Å². The highest BCUT2D eigenvalue weighted by Crippen LogP contribution is 2.28. The fourth-order valence-electron chi connectivity index (χ4n) is 4.86. The summed E-state index contributed by atoms with van der Waals surface area (Å²) in [7, 11) is -2.77. The highest BCUT2D eigenvalue weighted by Gasteiger charge is 2.39. The van der Waals surface area contributed by atoms with Gasteiger partial charge in [-0.3, -0.25) is 0 Å². The third kappa shape index (κ3) is 11.5. The number of aliphatic hydroxyl groups is 1. The maximum Gasteiger partial charge on any atom is 0.407 e.